The quantitative estimate of drug-likeness (QED) is 0.187. The second kappa shape index (κ2) is 11.5. The van der Waals surface area contributed by atoms with E-state index in [9.17, 15) is 0 Å². The van der Waals surface area contributed by atoms with E-state index in [-0.39, 0.29) is 12.0 Å². The Morgan fingerprint density at radius 2 is 1.04 bits per heavy atom. The summed E-state index contributed by atoms with van der Waals surface area (Å²) in [4.78, 5) is 17.8. The van der Waals surface area contributed by atoms with Crippen molar-refractivity contribution in [3.8, 4) is 45.3 Å². The van der Waals surface area contributed by atoms with Crippen LogP contribution < -0.4 is 4.90 Å². The number of hydrogen-bond donors (Lipinski definition) is 0. The molecule has 2 aliphatic rings. The van der Waals surface area contributed by atoms with Gasteiger partial charge in [-0.25, -0.2) is 15.0 Å². The summed E-state index contributed by atoms with van der Waals surface area (Å²) in [5.74, 6) is 2.78. The molecule has 0 amide bonds. The van der Waals surface area contributed by atoms with E-state index in [0.29, 0.717) is 17.5 Å². The molecule has 5 nitrogen and oxygen atoms in total. The van der Waals surface area contributed by atoms with E-state index >= 15 is 0 Å². The fraction of sp³-hybridized carbons (Fsp3) is 0.0444. The van der Waals surface area contributed by atoms with Gasteiger partial charge in [0, 0.05) is 50.5 Å². The van der Waals surface area contributed by atoms with Crippen LogP contribution in [-0.2, 0) is 0 Å². The van der Waals surface area contributed by atoms with Crippen molar-refractivity contribution in [3.63, 3.8) is 0 Å². The fourth-order valence-corrected chi connectivity index (χ4v) is 7.71. The van der Waals surface area contributed by atoms with Crippen molar-refractivity contribution in [2.45, 2.75) is 12.0 Å². The second-order valence-corrected chi connectivity index (χ2v) is 12.7. The number of hydrogen-bond acceptors (Lipinski definition) is 5. The summed E-state index contributed by atoms with van der Waals surface area (Å²) in [6.07, 6.45) is 4.46. The van der Waals surface area contributed by atoms with Crippen LogP contribution in [0.5, 0.6) is 0 Å². The van der Waals surface area contributed by atoms with E-state index in [1.54, 1.807) is 0 Å². The summed E-state index contributed by atoms with van der Waals surface area (Å²) in [5.41, 5.74) is 10.6. The van der Waals surface area contributed by atoms with Crippen molar-refractivity contribution in [1.82, 2.24) is 15.0 Å². The van der Waals surface area contributed by atoms with Crippen LogP contribution in [0.15, 0.2) is 168 Å². The van der Waals surface area contributed by atoms with Gasteiger partial charge in [0.15, 0.2) is 17.5 Å². The molecule has 10 rings (SSSR count). The standard InChI is InChI=1S/C45H30N4O/c1-5-15-29(16-6-1)33-25-26-35(45-47-43(30-17-7-2-8-18-30)46-44(48-45)31-19-9-3-10-20-31)40-41-38(50-42(33)40)28-27-37-39(41)34-23-13-14-24-36(34)49(37)32-21-11-4-12-22-32/h1-28,37,39H. The molecule has 2 atom stereocenters. The van der Waals surface area contributed by atoms with Crippen molar-refractivity contribution < 1.29 is 4.42 Å². The van der Waals surface area contributed by atoms with Crippen LogP contribution >= 0.6 is 0 Å². The molecule has 6 aromatic carbocycles. The molecule has 0 radical (unpaired) electrons. The van der Waals surface area contributed by atoms with Gasteiger partial charge >= 0.3 is 0 Å². The Bertz CT molecular complexity index is 2490. The van der Waals surface area contributed by atoms with Gasteiger partial charge in [0.25, 0.3) is 0 Å². The topological polar surface area (TPSA) is 55.1 Å². The van der Waals surface area contributed by atoms with Crippen molar-refractivity contribution >= 4 is 28.4 Å². The molecule has 0 saturated heterocycles. The monoisotopic (exact) mass is 642 g/mol. The predicted molar refractivity (Wildman–Crippen MR) is 201 cm³/mol. The number of furan rings is 1. The molecule has 0 spiro atoms. The first-order valence-electron chi connectivity index (χ1n) is 17.0. The molecule has 8 aromatic rings. The zero-order valence-corrected chi connectivity index (χ0v) is 27.0. The average Bonchev–Trinajstić information content (AvgIpc) is 3.75. The van der Waals surface area contributed by atoms with Crippen LogP contribution in [0.4, 0.5) is 11.4 Å². The van der Waals surface area contributed by atoms with Crippen molar-refractivity contribution in [2.75, 3.05) is 4.90 Å². The van der Waals surface area contributed by atoms with E-state index in [4.69, 9.17) is 19.4 Å². The summed E-state index contributed by atoms with van der Waals surface area (Å²) >= 11 is 0. The SMILES string of the molecule is C1=CC2C(c3ccccc3N2c2ccccc2)c2c1oc1c(-c3ccccc3)ccc(-c3nc(-c4ccccc4)nc(-c4ccccc4)n3)c21. The van der Waals surface area contributed by atoms with Gasteiger partial charge in [0.05, 0.1) is 6.04 Å². The minimum Gasteiger partial charge on any atom is -0.456 e. The molecular formula is C45H30N4O. The molecule has 236 valence electrons. The maximum absolute atomic E-state index is 6.96. The maximum Gasteiger partial charge on any atom is 0.164 e. The molecule has 5 heteroatoms. The number of nitrogens with zero attached hydrogens (tertiary/aromatic N) is 4. The van der Waals surface area contributed by atoms with E-state index in [1.807, 2.05) is 66.7 Å². The average molecular weight is 643 g/mol. The smallest absolute Gasteiger partial charge is 0.164 e. The van der Waals surface area contributed by atoms with Crippen LogP contribution in [-0.4, -0.2) is 21.0 Å². The largest absolute Gasteiger partial charge is 0.456 e. The van der Waals surface area contributed by atoms with Crippen LogP contribution in [0.1, 0.15) is 22.8 Å². The molecule has 0 fully saturated rings. The molecule has 0 bridgehead atoms. The lowest BCUT2D eigenvalue weighted by Gasteiger charge is -2.30. The third kappa shape index (κ3) is 4.51. The summed E-state index contributed by atoms with van der Waals surface area (Å²) in [6, 6.07) is 54.6. The van der Waals surface area contributed by atoms with E-state index in [1.165, 1.54) is 11.3 Å². The van der Waals surface area contributed by atoms with Crippen LogP contribution in [0.25, 0.3) is 62.3 Å². The Hall–Kier alpha value is -6.59. The van der Waals surface area contributed by atoms with Crippen LogP contribution in [0.2, 0.25) is 0 Å². The van der Waals surface area contributed by atoms with Crippen molar-refractivity contribution in [2.24, 2.45) is 0 Å². The summed E-state index contributed by atoms with van der Waals surface area (Å²) in [7, 11) is 0. The van der Waals surface area contributed by atoms with Gasteiger partial charge in [-0.1, -0.05) is 133 Å². The molecular weight excluding hydrogens is 613 g/mol. The van der Waals surface area contributed by atoms with Gasteiger partial charge in [-0.05, 0) is 47.5 Å². The fourth-order valence-electron chi connectivity index (χ4n) is 7.71. The highest BCUT2D eigenvalue weighted by molar-refractivity contribution is 6.06. The van der Waals surface area contributed by atoms with Crippen molar-refractivity contribution in [3.05, 3.63) is 181 Å². The number of rotatable bonds is 5. The second-order valence-electron chi connectivity index (χ2n) is 12.7. The Morgan fingerprint density at radius 3 is 1.70 bits per heavy atom. The van der Waals surface area contributed by atoms with Gasteiger partial charge in [0.2, 0.25) is 0 Å². The lowest BCUT2D eigenvalue weighted by atomic mass is 9.81. The number of aromatic nitrogens is 3. The highest BCUT2D eigenvalue weighted by Crippen LogP contribution is 2.55. The van der Waals surface area contributed by atoms with Gasteiger partial charge in [-0.15, -0.1) is 0 Å². The summed E-state index contributed by atoms with van der Waals surface area (Å²) < 4.78 is 6.96. The van der Waals surface area contributed by atoms with Gasteiger partial charge in [-0.3, -0.25) is 0 Å². The molecule has 2 aromatic heterocycles. The zero-order chi connectivity index (χ0) is 33.0. The van der Waals surface area contributed by atoms with Crippen molar-refractivity contribution in [1.29, 1.82) is 0 Å². The maximum atomic E-state index is 6.96. The first kappa shape index (κ1) is 28.4. The number of fused-ring (bicyclic) bond motifs is 7. The summed E-state index contributed by atoms with van der Waals surface area (Å²) in [5, 5.41) is 1.04. The third-order valence-electron chi connectivity index (χ3n) is 9.89. The predicted octanol–water partition coefficient (Wildman–Crippen LogP) is 11.0. The van der Waals surface area contributed by atoms with Gasteiger partial charge < -0.3 is 9.32 Å². The highest BCUT2D eigenvalue weighted by atomic mass is 16.3. The molecule has 1 aliphatic heterocycles. The van der Waals surface area contributed by atoms with E-state index in [0.717, 1.165) is 55.8 Å². The molecule has 1 aliphatic carbocycles. The van der Waals surface area contributed by atoms with Crippen LogP contribution in [0, 0.1) is 0 Å². The number of anilines is 2. The first-order valence-corrected chi connectivity index (χ1v) is 17.0. The Kier molecular flexibility index (Phi) is 6.56. The molecule has 3 heterocycles. The van der Waals surface area contributed by atoms with Gasteiger partial charge in [-0.2, -0.15) is 0 Å². The Balaban J connectivity index is 1.26. The number of para-hydroxylation sites is 2. The van der Waals surface area contributed by atoms with Crippen LogP contribution in [0.3, 0.4) is 0 Å². The molecule has 50 heavy (non-hydrogen) atoms. The minimum atomic E-state index is 0.0291. The first-order chi connectivity index (χ1) is 24.8. The van der Waals surface area contributed by atoms with Gasteiger partial charge in [0.1, 0.15) is 11.3 Å². The van der Waals surface area contributed by atoms with E-state index < -0.39 is 0 Å². The Labute approximate surface area is 289 Å². The number of benzene rings is 6. The minimum absolute atomic E-state index is 0.0291. The third-order valence-corrected chi connectivity index (χ3v) is 9.89. The normalized spacial score (nSPS) is 15.9. The molecule has 0 N–H and O–H groups in total. The lowest BCUT2D eigenvalue weighted by molar-refractivity contribution is 0.585. The lowest BCUT2D eigenvalue weighted by Crippen LogP contribution is -2.30. The van der Waals surface area contributed by atoms with E-state index in [2.05, 4.69) is 108 Å². The zero-order valence-electron chi connectivity index (χ0n) is 27.0. The Morgan fingerprint density at radius 1 is 0.500 bits per heavy atom. The summed E-state index contributed by atoms with van der Waals surface area (Å²) in [6.45, 7) is 0. The molecule has 0 saturated carbocycles. The highest BCUT2D eigenvalue weighted by Gasteiger charge is 2.44. The molecule has 2 unspecified atom stereocenters.